The Kier molecular flexibility index (Phi) is 3.82. The second kappa shape index (κ2) is 5.17. The van der Waals surface area contributed by atoms with Crippen molar-refractivity contribution in [1.82, 2.24) is 4.90 Å². The summed E-state index contributed by atoms with van der Waals surface area (Å²) in [6.07, 6.45) is 1.64. The first-order valence-electron chi connectivity index (χ1n) is 6.26. The van der Waals surface area contributed by atoms with E-state index < -0.39 is 5.60 Å². The first kappa shape index (κ1) is 12.6. The van der Waals surface area contributed by atoms with Gasteiger partial charge in [-0.25, -0.2) is 0 Å². The van der Waals surface area contributed by atoms with Gasteiger partial charge in [-0.3, -0.25) is 4.90 Å². The summed E-state index contributed by atoms with van der Waals surface area (Å²) < 4.78 is 0. The summed E-state index contributed by atoms with van der Waals surface area (Å²) in [6.45, 7) is 4.04. The van der Waals surface area contributed by atoms with Crippen LogP contribution >= 0.6 is 0 Å². The minimum Gasteiger partial charge on any atom is -0.392 e. The van der Waals surface area contributed by atoms with E-state index in [1.807, 2.05) is 37.3 Å². The number of rotatable bonds is 3. The normalized spacial score (nSPS) is 25.5. The average molecular weight is 235 g/mol. The molecule has 1 fully saturated rings. The Bertz CT molecular complexity index is 350. The van der Waals surface area contributed by atoms with Gasteiger partial charge in [-0.1, -0.05) is 30.3 Å². The summed E-state index contributed by atoms with van der Waals surface area (Å²) in [5.74, 6) is 0. The van der Waals surface area contributed by atoms with Crippen LogP contribution in [-0.2, 0) is 5.60 Å². The van der Waals surface area contributed by atoms with Crippen molar-refractivity contribution in [3.05, 3.63) is 35.9 Å². The van der Waals surface area contributed by atoms with Crippen LogP contribution in [0.3, 0.4) is 0 Å². The highest BCUT2D eigenvalue weighted by atomic mass is 16.3. The van der Waals surface area contributed by atoms with Gasteiger partial charge >= 0.3 is 0 Å². The molecule has 1 heterocycles. The number of nitrogens with zero attached hydrogens (tertiary/aromatic N) is 1. The van der Waals surface area contributed by atoms with Crippen molar-refractivity contribution < 1.29 is 10.2 Å². The van der Waals surface area contributed by atoms with E-state index in [-0.39, 0.29) is 6.10 Å². The lowest BCUT2D eigenvalue weighted by molar-refractivity contribution is -0.0125. The molecule has 2 rings (SSSR count). The molecule has 1 aliphatic heterocycles. The molecule has 1 aromatic carbocycles. The zero-order chi connectivity index (χ0) is 12.3. The molecule has 0 aromatic heterocycles. The molecule has 1 unspecified atom stereocenters. The van der Waals surface area contributed by atoms with E-state index in [0.29, 0.717) is 13.1 Å². The summed E-state index contributed by atoms with van der Waals surface area (Å²) >= 11 is 0. The molecule has 3 heteroatoms. The van der Waals surface area contributed by atoms with E-state index >= 15 is 0 Å². The molecule has 0 spiro atoms. The Hall–Kier alpha value is -0.900. The molecule has 0 aliphatic carbocycles. The van der Waals surface area contributed by atoms with Gasteiger partial charge in [0.15, 0.2) is 0 Å². The number of aliphatic hydroxyl groups is 2. The van der Waals surface area contributed by atoms with Crippen LogP contribution in [0.15, 0.2) is 30.3 Å². The predicted molar refractivity (Wildman–Crippen MR) is 67.7 cm³/mol. The van der Waals surface area contributed by atoms with E-state index in [1.54, 1.807) is 0 Å². The van der Waals surface area contributed by atoms with Gasteiger partial charge in [0.05, 0.1) is 11.7 Å². The third kappa shape index (κ3) is 3.28. The number of piperidine rings is 1. The minimum atomic E-state index is -0.849. The molecule has 3 nitrogen and oxygen atoms in total. The highest BCUT2D eigenvalue weighted by Crippen LogP contribution is 2.23. The van der Waals surface area contributed by atoms with Crippen LogP contribution in [0, 0.1) is 0 Å². The Morgan fingerprint density at radius 2 is 2.06 bits per heavy atom. The SMILES string of the molecule is CC(O)(CN1CCC[C@H](O)C1)c1ccccc1. The van der Waals surface area contributed by atoms with Gasteiger partial charge in [-0.2, -0.15) is 0 Å². The zero-order valence-electron chi connectivity index (χ0n) is 10.3. The summed E-state index contributed by atoms with van der Waals surface area (Å²) in [7, 11) is 0. The van der Waals surface area contributed by atoms with Gasteiger partial charge in [-0.05, 0) is 31.9 Å². The summed E-state index contributed by atoms with van der Waals surface area (Å²) in [4.78, 5) is 2.14. The van der Waals surface area contributed by atoms with Gasteiger partial charge in [0, 0.05) is 13.1 Å². The maximum Gasteiger partial charge on any atom is 0.0994 e. The third-order valence-electron chi connectivity index (χ3n) is 3.41. The maximum absolute atomic E-state index is 10.5. The van der Waals surface area contributed by atoms with Crippen molar-refractivity contribution in [2.75, 3.05) is 19.6 Å². The summed E-state index contributed by atoms with van der Waals surface area (Å²) in [5, 5.41) is 20.1. The Morgan fingerprint density at radius 3 is 2.71 bits per heavy atom. The molecule has 1 aromatic rings. The topological polar surface area (TPSA) is 43.7 Å². The lowest BCUT2D eigenvalue weighted by Crippen LogP contribution is -2.45. The predicted octanol–water partition coefficient (Wildman–Crippen LogP) is 1.35. The van der Waals surface area contributed by atoms with Crippen LogP contribution in [0.1, 0.15) is 25.3 Å². The number of aliphatic hydroxyl groups excluding tert-OH is 1. The smallest absolute Gasteiger partial charge is 0.0994 e. The van der Waals surface area contributed by atoms with Crippen molar-refractivity contribution in [1.29, 1.82) is 0 Å². The molecule has 0 radical (unpaired) electrons. The van der Waals surface area contributed by atoms with Gasteiger partial charge in [0.25, 0.3) is 0 Å². The average Bonchev–Trinajstić information content (AvgIpc) is 2.29. The van der Waals surface area contributed by atoms with E-state index in [4.69, 9.17) is 0 Å². The van der Waals surface area contributed by atoms with E-state index in [2.05, 4.69) is 4.90 Å². The first-order chi connectivity index (χ1) is 8.08. The highest BCUT2D eigenvalue weighted by Gasteiger charge is 2.28. The van der Waals surface area contributed by atoms with Crippen LogP contribution in [0.25, 0.3) is 0 Å². The molecule has 1 saturated heterocycles. The van der Waals surface area contributed by atoms with E-state index in [9.17, 15) is 10.2 Å². The second-order valence-corrected chi connectivity index (χ2v) is 5.17. The number of benzene rings is 1. The largest absolute Gasteiger partial charge is 0.392 e. The van der Waals surface area contributed by atoms with Gasteiger partial charge in [0.1, 0.15) is 0 Å². The fraction of sp³-hybridized carbons (Fsp3) is 0.571. The standard InChI is InChI=1S/C14H21NO2/c1-14(17,12-6-3-2-4-7-12)11-15-9-5-8-13(16)10-15/h2-4,6-7,13,16-17H,5,8-11H2,1H3/t13-,14?/m0/s1. The number of β-amino-alcohol motifs (C(OH)–C–C–N with tert-alkyl or cyclic N) is 2. The molecule has 0 amide bonds. The van der Waals surface area contributed by atoms with Gasteiger partial charge < -0.3 is 10.2 Å². The molecule has 94 valence electrons. The molecule has 1 aliphatic rings. The lowest BCUT2D eigenvalue weighted by Gasteiger charge is -2.35. The van der Waals surface area contributed by atoms with E-state index in [0.717, 1.165) is 24.9 Å². The quantitative estimate of drug-likeness (QED) is 0.831. The van der Waals surface area contributed by atoms with Crippen LogP contribution in [0.5, 0.6) is 0 Å². The van der Waals surface area contributed by atoms with Crippen LogP contribution in [0.4, 0.5) is 0 Å². The molecular weight excluding hydrogens is 214 g/mol. The number of likely N-dealkylation sites (tertiary alicyclic amines) is 1. The van der Waals surface area contributed by atoms with Gasteiger partial charge in [0.2, 0.25) is 0 Å². The van der Waals surface area contributed by atoms with Crippen LogP contribution < -0.4 is 0 Å². The molecule has 2 N–H and O–H groups in total. The van der Waals surface area contributed by atoms with Crippen molar-refractivity contribution in [3.63, 3.8) is 0 Å². The Morgan fingerprint density at radius 1 is 1.35 bits per heavy atom. The van der Waals surface area contributed by atoms with Crippen molar-refractivity contribution >= 4 is 0 Å². The highest BCUT2D eigenvalue weighted by molar-refractivity contribution is 5.21. The first-order valence-corrected chi connectivity index (χ1v) is 6.26. The fourth-order valence-electron chi connectivity index (χ4n) is 2.50. The van der Waals surface area contributed by atoms with Crippen molar-refractivity contribution in [2.24, 2.45) is 0 Å². The Balaban J connectivity index is 2.01. The monoisotopic (exact) mass is 235 g/mol. The Labute approximate surface area is 103 Å². The molecule has 2 atom stereocenters. The zero-order valence-corrected chi connectivity index (χ0v) is 10.3. The number of hydrogen-bond donors (Lipinski definition) is 2. The molecule has 17 heavy (non-hydrogen) atoms. The van der Waals surface area contributed by atoms with Crippen LogP contribution in [-0.4, -0.2) is 40.9 Å². The van der Waals surface area contributed by atoms with Gasteiger partial charge in [-0.15, -0.1) is 0 Å². The number of hydrogen-bond acceptors (Lipinski definition) is 3. The fourth-order valence-corrected chi connectivity index (χ4v) is 2.50. The van der Waals surface area contributed by atoms with Crippen molar-refractivity contribution in [2.45, 2.75) is 31.5 Å². The summed E-state index contributed by atoms with van der Waals surface area (Å²) in [5.41, 5.74) is 0.0817. The third-order valence-corrected chi connectivity index (χ3v) is 3.41. The lowest BCUT2D eigenvalue weighted by atomic mass is 9.94. The maximum atomic E-state index is 10.5. The molecule has 0 saturated carbocycles. The summed E-state index contributed by atoms with van der Waals surface area (Å²) in [6, 6.07) is 9.72. The van der Waals surface area contributed by atoms with Crippen molar-refractivity contribution in [3.8, 4) is 0 Å². The second-order valence-electron chi connectivity index (χ2n) is 5.17. The molecule has 0 bridgehead atoms. The minimum absolute atomic E-state index is 0.240. The van der Waals surface area contributed by atoms with Crippen LogP contribution in [0.2, 0.25) is 0 Å². The van der Waals surface area contributed by atoms with E-state index in [1.165, 1.54) is 0 Å². The molecular formula is C14H21NO2.